The first-order chi connectivity index (χ1) is 9.38. The molecule has 2 nitrogen and oxygen atoms in total. The normalized spacial score (nSPS) is 15.8. The molecule has 0 spiro atoms. The van der Waals surface area contributed by atoms with Gasteiger partial charge in [-0.1, -0.05) is 44.7 Å². The molecule has 0 aromatic heterocycles. The molecule has 19 heavy (non-hydrogen) atoms. The first kappa shape index (κ1) is 14.4. The molecule has 2 rings (SSSR count). The average molecular weight is 261 g/mol. The van der Waals surface area contributed by atoms with Gasteiger partial charge in [-0.15, -0.1) is 0 Å². The van der Waals surface area contributed by atoms with Crippen molar-refractivity contribution in [2.45, 2.75) is 52.0 Å². The number of benzene rings is 1. The topological polar surface area (TPSA) is 21.3 Å². The van der Waals surface area contributed by atoms with Crippen molar-refractivity contribution in [2.75, 3.05) is 13.2 Å². The summed E-state index contributed by atoms with van der Waals surface area (Å²) in [5, 5.41) is 3.56. The lowest BCUT2D eigenvalue weighted by Crippen LogP contribution is -2.17. The molecule has 0 heterocycles. The smallest absolute Gasteiger partial charge is 0.119 e. The lowest BCUT2D eigenvalue weighted by Gasteiger charge is -2.11. The minimum atomic E-state index is 0.804. The van der Waals surface area contributed by atoms with Crippen molar-refractivity contribution in [2.24, 2.45) is 5.92 Å². The zero-order chi connectivity index (χ0) is 13.3. The van der Waals surface area contributed by atoms with Crippen LogP contribution in [0.5, 0.6) is 5.75 Å². The molecule has 0 bridgehead atoms. The Kier molecular flexibility index (Phi) is 6.22. The van der Waals surface area contributed by atoms with Crippen molar-refractivity contribution in [1.29, 1.82) is 0 Å². The molecule has 1 saturated carbocycles. The van der Waals surface area contributed by atoms with Crippen LogP contribution in [0, 0.1) is 5.92 Å². The van der Waals surface area contributed by atoms with E-state index in [9.17, 15) is 0 Å². The minimum absolute atomic E-state index is 0.804. The van der Waals surface area contributed by atoms with Crippen molar-refractivity contribution >= 4 is 0 Å². The van der Waals surface area contributed by atoms with Gasteiger partial charge in [0, 0.05) is 6.54 Å². The number of rotatable bonds is 8. The molecule has 106 valence electrons. The van der Waals surface area contributed by atoms with E-state index in [2.05, 4.69) is 30.4 Å². The summed E-state index contributed by atoms with van der Waals surface area (Å²) in [6.45, 7) is 5.04. The molecule has 0 unspecified atom stereocenters. The molecule has 0 amide bonds. The summed E-state index contributed by atoms with van der Waals surface area (Å²) in [7, 11) is 0. The van der Waals surface area contributed by atoms with E-state index in [-0.39, 0.29) is 0 Å². The number of hydrogen-bond acceptors (Lipinski definition) is 2. The maximum Gasteiger partial charge on any atom is 0.119 e. The fraction of sp³-hybridized carbons (Fsp3) is 0.647. The largest absolute Gasteiger partial charge is 0.494 e. The molecule has 0 atom stereocenters. The second-order valence-corrected chi connectivity index (χ2v) is 5.61. The van der Waals surface area contributed by atoms with Gasteiger partial charge in [-0.2, -0.15) is 0 Å². The molecule has 1 aromatic rings. The Morgan fingerprint density at radius 1 is 1.26 bits per heavy atom. The third-order valence-electron chi connectivity index (χ3n) is 3.90. The maximum atomic E-state index is 5.66. The fourth-order valence-electron chi connectivity index (χ4n) is 2.80. The maximum absolute atomic E-state index is 5.66. The molecule has 1 aromatic carbocycles. The highest BCUT2D eigenvalue weighted by atomic mass is 16.5. The molecule has 1 aliphatic rings. The lowest BCUT2D eigenvalue weighted by atomic mass is 10.0. The number of nitrogens with one attached hydrogen (secondary N) is 1. The Bertz CT molecular complexity index is 358. The Labute approximate surface area is 117 Å². The molecule has 1 aliphatic carbocycles. The predicted molar refractivity (Wildman–Crippen MR) is 80.5 cm³/mol. The Balaban J connectivity index is 1.66. The summed E-state index contributed by atoms with van der Waals surface area (Å²) >= 11 is 0. The van der Waals surface area contributed by atoms with Gasteiger partial charge in [-0.25, -0.2) is 0 Å². The van der Waals surface area contributed by atoms with E-state index in [1.54, 1.807) is 0 Å². The standard InChI is InChI=1S/C17H27NO/c1-2-12-19-17-9-5-8-16(13-17)14-18-11-10-15-6-3-4-7-15/h5,8-9,13,15,18H,2-4,6-7,10-12,14H2,1H3. The number of hydrogen-bond donors (Lipinski definition) is 1. The second kappa shape index (κ2) is 8.21. The molecular formula is C17H27NO. The van der Waals surface area contributed by atoms with Crippen LogP contribution in [0.2, 0.25) is 0 Å². The van der Waals surface area contributed by atoms with Gasteiger partial charge in [-0.3, -0.25) is 0 Å². The van der Waals surface area contributed by atoms with Crippen LogP contribution in [-0.4, -0.2) is 13.2 Å². The summed E-state index contributed by atoms with van der Waals surface area (Å²) in [4.78, 5) is 0. The third-order valence-corrected chi connectivity index (χ3v) is 3.90. The Morgan fingerprint density at radius 2 is 2.11 bits per heavy atom. The van der Waals surface area contributed by atoms with E-state index in [0.29, 0.717) is 0 Å². The van der Waals surface area contributed by atoms with Crippen molar-refractivity contribution < 1.29 is 4.74 Å². The Hall–Kier alpha value is -1.02. The van der Waals surface area contributed by atoms with E-state index in [0.717, 1.165) is 37.8 Å². The minimum Gasteiger partial charge on any atom is -0.494 e. The van der Waals surface area contributed by atoms with Crippen LogP contribution in [-0.2, 0) is 6.54 Å². The fourth-order valence-corrected chi connectivity index (χ4v) is 2.80. The second-order valence-electron chi connectivity index (χ2n) is 5.61. The van der Waals surface area contributed by atoms with Crippen molar-refractivity contribution in [3.05, 3.63) is 29.8 Å². The van der Waals surface area contributed by atoms with Crippen LogP contribution < -0.4 is 10.1 Å². The quantitative estimate of drug-likeness (QED) is 0.710. The predicted octanol–water partition coefficient (Wildman–Crippen LogP) is 4.15. The van der Waals surface area contributed by atoms with E-state index >= 15 is 0 Å². The average Bonchev–Trinajstić information content (AvgIpc) is 2.95. The molecule has 1 N–H and O–H groups in total. The summed E-state index contributed by atoms with van der Waals surface area (Å²) in [5.41, 5.74) is 1.32. The highest BCUT2D eigenvalue weighted by molar-refractivity contribution is 5.28. The first-order valence-electron chi connectivity index (χ1n) is 7.81. The van der Waals surface area contributed by atoms with Gasteiger partial charge in [0.05, 0.1) is 6.61 Å². The van der Waals surface area contributed by atoms with Crippen molar-refractivity contribution in [1.82, 2.24) is 5.32 Å². The highest BCUT2D eigenvalue weighted by Gasteiger charge is 2.13. The van der Waals surface area contributed by atoms with Gasteiger partial charge in [0.1, 0.15) is 5.75 Å². The molecular weight excluding hydrogens is 234 g/mol. The van der Waals surface area contributed by atoms with Gasteiger partial charge < -0.3 is 10.1 Å². The van der Waals surface area contributed by atoms with Gasteiger partial charge >= 0.3 is 0 Å². The van der Waals surface area contributed by atoms with Gasteiger partial charge in [0.25, 0.3) is 0 Å². The Morgan fingerprint density at radius 3 is 2.89 bits per heavy atom. The number of ether oxygens (including phenoxy) is 1. The molecule has 0 saturated heterocycles. The van der Waals surface area contributed by atoms with Crippen LogP contribution >= 0.6 is 0 Å². The van der Waals surface area contributed by atoms with E-state index in [4.69, 9.17) is 4.74 Å². The van der Waals surface area contributed by atoms with E-state index in [1.807, 2.05) is 6.07 Å². The van der Waals surface area contributed by atoms with Crippen LogP contribution in [0.25, 0.3) is 0 Å². The highest BCUT2D eigenvalue weighted by Crippen LogP contribution is 2.26. The summed E-state index contributed by atoms with van der Waals surface area (Å²) in [5.74, 6) is 1.98. The summed E-state index contributed by atoms with van der Waals surface area (Å²) in [6.07, 6.45) is 8.18. The van der Waals surface area contributed by atoms with Gasteiger partial charge in [0.15, 0.2) is 0 Å². The van der Waals surface area contributed by atoms with Crippen molar-refractivity contribution in [3.8, 4) is 5.75 Å². The molecule has 1 fully saturated rings. The van der Waals surface area contributed by atoms with Crippen LogP contribution in [0.4, 0.5) is 0 Å². The third kappa shape index (κ3) is 5.23. The zero-order valence-corrected chi connectivity index (χ0v) is 12.2. The summed E-state index contributed by atoms with van der Waals surface area (Å²) in [6, 6.07) is 8.44. The van der Waals surface area contributed by atoms with Gasteiger partial charge in [-0.05, 0) is 43.0 Å². The lowest BCUT2D eigenvalue weighted by molar-refractivity contribution is 0.317. The van der Waals surface area contributed by atoms with E-state index < -0.39 is 0 Å². The van der Waals surface area contributed by atoms with Crippen LogP contribution in [0.3, 0.4) is 0 Å². The summed E-state index contributed by atoms with van der Waals surface area (Å²) < 4.78 is 5.66. The van der Waals surface area contributed by atoms with Crippen molar-refractivity contribution in [3.63, 3.8) is 0 Å². The monoisotopic (exact) mass is 261 g/mol. The molecule has 2 heteroatoms. The van der Waals surface area contributed by atoms with E-state index in [1.165, 1.54) is 37.7 Å². The SMILES string of the molecule is CCCOc1cccc(CNCCC2CCCC2)c1. The van der Waals surface area contributed by atoms with Crippen LogP contribution in [0.15, 0.2) is 24.3 Å². The van der Waals surface area contributed by atoms with Crippen LogP contribution in [0.1, 0.15) is 51.0 Å². The van der Waals surface area contributed by atoms with Gasteiger partial charge in [0.2, 0.25) is 0 Å². The molecule has 0 aliphatic heterocycles. The first-order valence-corrected chi connectivity index (χ1v) is 7.81. The molecule has 0 radical (unpaired) electrons. The zero-order valence-electron chi connectivity index (χ0n) is 12.2.